The van der Waals surface area contributed by atoms with E-state index in [1.807, 2.05) is 13.8 Å². The molecule has 0 aromatic carbocycles. The lowest BCUT2D eigenvalue weighted by Gasteiger charge is -2.19. The molecule has 2 heteroatoms. The molecular formula is C9H21NO. The summed E-state index contributed by atoms with van der Waals surface area (Å²) in [5, 5.41) is 0. The fourth-order valence-electron chi connectivity index (χ4n) is 1.22. The van der Waals surface area contributed by atoms with Crippen molar-refractivity contribution in [2.45, 2.75) is 51.7 Å². The maximum absolute atomic E-state index is 5.80. The fourth-order valence-corrected chi connectivity index (χ4v) is 1.22. The van der Waals surface area contributed by atoms with Crippen LogP contribution in [0.5, 0.6) is 0 Å². The van der Waals surface area contributed by atoms with Crippen molar-refractivity contribution in [3.05, 3.63) is 0 Å². The molecule has 2 N–H and O–H groups in total. The Kier molecular flexibility index (Phi) is 4.69. The molecule has 0 radical (unpaired) electrons. The van der Waals surface area contributed by atoms with E-state index in [4.69, 9.17) is 10.5 Å². The van der Waals surface area contributed by atoms with Gasteiger partial charge in [0.15, 0.2) is 0 Å². The van der Waals surface area contributed by atoms with Gasteiger partial charge in [-0.05, 0) is 19.3 Å². The van der Waals surface area contributed by atoms with Crippen LogP contribution in [0, 0.1) is 0 Å². The largest absolute Gasteiger partial charge is 0.377 e. The van der Waals surface area contributed by atoms with Gasteiger partial charge in [-0.2, -0.15) is 0 Å². The van der Waals surface area contributed by atoms with Crippen LogP contribution in [0.15, 0.2) is 0 Å². The minimum atomic E-state index is 0.0781. The van der Waals surface area contributed by atoms with Crippen molar-refractivity contribution in [1.29, 1.82) is 0 Å². The van der Waals surface area contributed by atoms with Gasteiger partial charge in [0.05, 0.1) is 5.60 Å². The Balaban J connectivity index is 0.000000461. The second-order valence-corrected chi connectivity index (χ2v) is 2.78. The molecule has 1 aliphatic carbocycles. The van der Waals surface area contributed by atoms with Gasteiger partial charge in [-0.3, -0.25) is 0 Å². The van der Waals surface area contributed by atoms with E-state index in [1.54, 1.807) is 7.11 Å². The molecule has 0 aliphatic heterocycles. The van der Waals surface area contributed by atoms with Crippen molar-refractivity contribution in [2.24, 2.45) is 5.73 Å². The van der Waals surface area contributed by atoms with Crippen LogP contribution in [0.2, 0.25) is 0 Å². The third-order valence-electron chi connectivity index (χ3n) is 2.26. The zero-order chi connectivity index (χ0) is 8.91. The smallest absolute Gasteiger partial charge is 0.0830 e. The monoisotopic (exact) mass is 159 g/mol. The molecule has 2 nitrogen and oxygen atoms in total. The molecule has 0 aromatic heterocycles. The summed E-state index contributed by atoms with van der Waals surface area (Å²) in [6.07, 6.45) is 3.32. The van der Waals surface area contributed by atoms with Crippen molar-refractivity contribution < 1.29 is 4.74 Å². The Labute approximate surface area is 70.1 Å². The summed E-state index contributed by atoms with van der Waals surface area (Å²) in [7, 11) is 1.75. The van der Waals surface area contributed by atoms with Crippen LogP contribution in [0.25, 0.3) is 0 Å². The molecule has 68 valence electrons. The zero-order valence-corrected chi connectivity index (χ0v) is 8.18. The van der Waals surface area contributed by atoms with Crippen LogP contribution in [-0.4, -0.2) is 18.8 Å². The fraction of sp³-hybridized carbons (Fsp3) is 1.00. The molecule has 1 atom stereocenters. The molecule has 0 bridgehead atoms. The van der Waals surface area contributed by atoms with Gasteiger partial charge in [0.2, 0.25) is 0 Å². The molecule has 11 heavy (non-hydrogen) atoms. The molecule has 0 saturated heterocycles. The quantitative estimate of drug-likeness (QED) is 0.683. The summed E-state index contributed by atoms with van der Waals surface area (Å²) < 4.78 is 5.28. The highest BCUT2D eigenvalue weighted by atomic mass is 16.5. The second-order valence-electron chi connectivity index (χ2n) is 2.78. The summed E-state index contributed by atoms with van der Waals surface area (Å²) in [5.74, 6) is 0. The number of ether oxygens (including phenoxy) is 1. The highest BCUT2D eigenvalue weighted by molar-refractivity contribution is 5.02. The number of nitrogens with two attached hydrogens (primary N) is 1. The summed E-state index contributed by atoms with van der Waals surface area (Å²) in [6.45, 7) is 6.10. The Morgan fingerprint density at radius 2 is 1.91 bits per heavy atom. The van der Waals surface area contributed by atoms with Gasteiger partial charge in [0.1, 0.15) is 0 Å². The second kappa shape index (κ2) is 4.73. The normalized spacial score (nSPS) is 21.5. The van der Waals surface area contributed by atoms with Gasteiger partial charge in [0, 0.05) is 13.2 Å². The van der Waals surface area contributed by atoms with E-state index in [0.717, 1.165) is 19.3 Å². The standard InChI is InChI=1S/C7H15NO.C2H6/c1-3-6(8)7(9-2)4-5-7;1-2/h6H,3-5,8H2,1-2H3;1-2H3. The maximum Gasteiger partial charge on any atom is 0.0830 e. The lowest BCUT2D eigenvalue weighted by atomic mass is 10.1. The van der Waals surface area contributed by atoms with E-state index in [0.29, 0.717) is 0 Å². The third kappa shape index (κ3) is 2.46. The molecular weight excluding hydrogens is 138 g/mol. The first-order valence-corrected chi connectivity index (χ1v) is 4.56. The zero-order valence-electron chi connectivity index (χ0n) is 8.18. The summed E-state index contributed by atoms with van der Waals surface area (Å²) in [4.78, 5) is 0. The van der Waals surface area contributed by atoms with Crippen molar-refractivity contribution in [1.82, 2.24) is 0 Å². The highest BCUT2D eigenvalue weighted by Crippen LogP contribution is 2.41. The summed E-state index contributed by atoms with van der Waals surface area (Å²) in [5.41, 5.74) is 5.88. The maximum atomic E-state index is 5.80. The SMILES string of the molecule is CC.CCC(N)C1(OC)CC1. The predicted molar refractivity (Wildman–Crippen MR) is 48.6 cm³/mol. The van der Waals surface area contributed by atoms with E-state index >= 15 is 0 Å². The minimum absolute atomic E-state index is 0.0781. The van der Waals surface area contributed by atoms with Crippen LogP contribution in [0.3, 0.4) is 0 Å². The molecule has 1 rings (SSSR count). The molecule has 0 aromatic rings. The van der Waals surface area contributed by atoms with Crippen molar-refractivity contribution in [3.8, 4) is 0 Å². The van der Waals surface area contributed by atoms with Crippen molar-refractivity contribution in [3.63, 3.8) is 0 Å². The van der Waals surface area contributed by atoms with Gasteiger partial charge in [-0.15, -0.1) is 0 Å². The third-order valence-corrected chi connectivity index (χ3v) is 2.26. The van der Waals surface area contributed by atoms with Crippen LogP contribution >= 0.6 is 0 Å². The first kappa shape index (κ1) is 10.9. The molecule has 1 unspecified atom stereocenters. The summed E-state index contributed by atoms with van der Waals surface area (Å²) >= 11 is 0. The Bertz CT molecular complexity index is 99.7. The lowest BCUT2D eigenvalue weighted by Crippen LogP contribution is -2.37. The Morgan fingerprint density at radius 3 is 2.00 bits per heavy atom. The van der Waals surface area contributed by atoms with Crippen LogP contribution < -0.4 is 5.73 Å². The molecule has 1 saturated carbocycles. The van der Waals surface area contributed by atoms with E-state index in [2.05, 4.69) is 6.92 Å². The van der Waals surface area contributed by atoms with E-state index in [-0.39, 0.29) is 11.6 Å². The predicted octanol–water partition coefficient (Wildman–Crippen LogP) is 1.93. The van der Waals surface area contributed by atoms with Gasteiger partial charge in [0.25, 0.3) is 0 Å². The Hall–Kier alpha value is -0.0800. The summed E-state index contributed by atoms with van der Waals surface area (Å²) in [6, 6.07) is 0.252. The molecule has 1 aliphatic rings. The van der Waals surface area contributed by atoms with Crippen LogP contribution in [0.4, 0.5) is 0 Å². The number of rotatable bonds is 3. The molecule has 0 heterocycles. The van der Waals surface area contributed by atoms with Crippen LogP contribution in [-0.2, 0) is 4.74 Å². The van der Waals surface area contributed by atoms with E-state index in [1.165, 1.54) is 0 Å². The van der Waals surface area contributed by atoms with Gasteiger partial charge >= 0.3 is 0 Å². The first-order valence-electron chi connectivity index (χ1n) is 4.56. The topological polar surface area (TPSA) is 35.2 Å². The lowest BCUT2D eigenvalue weighted by molar-refractivity contribution is 0.0564. The number of hydrogen-bond donors (Lipinski definition) is 1. The molecule has 0 amide bonds. The van der Waals surface area contributed by atoms with Gasteiger partial charge < -0.3 is 10.5 Å². The molecule has 1 fully saturated rings. The van der Waals surface area contributed by atoms with Gasteiger partial charge in [-0.1, -0.05) is 20.8 Å². The first-order chi connectivity index (χ1) is 5.25. The van der Waals surface area contributed by atoms with Gasteiger partial charge in [-0.25, -0.2) is 0 Å². The van der Waals surface area contributed by atoms with E-state index < -0.39 is 0 Å². The minimum Gasteiger partial charge on any atom is -0.377 e. The average Bonchev–Trinajstić information content (AvgIpc) is 2.87. The van der Waals surface area contributed by atoms with Crippen molar-refractivity contribution in [2.75, 3.05) is 7.11 Å². The average molecular weight is 159 g/mol. The highest BCUT2D eigenvalue weighted by Gasteiger charge is 2.47. The number of hydrogen-bond acceptors (Lipinski definition) is 2. The number of methoxy groups -OCH3 is 1. The Morgan fingerprint density at radius 1 is 1.45 bits per heavy atom. The van der Waals surface area contributed by atoms with Crippen molar-refractivity contribution >= 4 is 0 Å². The van der Waals surface area contributed by atoms with E-state index in [9.17, 15) is 0 Å². The van der Waals surface area contributed by atoms with Crippen LogP contribution in [0.1, 0.15) is 40.0 Å². The molecule has 0 spiro atoms.